The molecular weight excluding hydrogens is 328 g/mol. The van der Waals surface area contributed by atoms with Crippen LogP contribution in [0.15, 0.2) is 24.3 Å². The predicted octanol–water partition coefficient (Wildman–Crippen LogP) is 4.63. The number of benzene rings is 1. The number of ether oxygens (including phenoxy) is 4. The molecule has 2 aliphatic heterocycles. The van der Waals surface area contributed by atoms with Gasteiger partial charge in [-0.15, -0.1) is 0 Å². The molecule has 2 aliphatic rings. The van der Waals surface area contributed by atoms with Gasteiger partial charge in [0.2, 0.25) is 0 Å². The Kier molecular flexibility index (Phi) is 5.78. The van der Waals surface area contributed by atoms with Crippen molar-refractivity contribution in [2.75, 3.05) is 6.61 Å². The van der Waals surface area contributed by atoms with E-state index in [1.165, 1.54) is 11.1 Å². The maximum Gasteiger partial charge on any atom is 0.155 e. The lowest BCUT2D eigenvalue weighted by molar-refractivity contribution is -0.199. The molecule has 4 nitrogen and oxygen atoms in total. The van der Waals surface area contributed by atoms with Gasteiger partial charge in [-0.05, 0) is 44.7 Å². The lowest BCUT2D eigenvalue weighted by atomic mass is 9.73. The highest BCUT2D eigenvalue weighted by molar-refractivity contribution is 5.25. The van der Waals surface area contributed by atoms with Gasteiger partial charge in [-0.25, -0.2) is 0 Å². The van der Waals surface area contributed by atoms with Crippen LogP contribution in [-0.4, -0.2) is 36.3 Å². The summed E-state index contributed by atoms with van der Waals surface area (Å²) in [5.74, 6) is 0.357. The van der Waals surface area contributed by atoms with Crippen LogP contribution >= 0.6 is 0 Å². The van der Waals surface area contributed by atoms with Gasteiger partial charge >= 0.3 is 0 Å². The van der Waals surface area contributed by atoms with Crippen LogP contribution in [0.2, 0.25) is 0 Å². The summed E-state index contributed by atoms with van der Waals surface area (Å²) in [6.45, 7) is 14.0. The third-order valence-electron chi connectivity index (χ3n) is 6.18. The fraction of sp³-hybridized carbons (Fsp3) is 0.727. The lowest BCUT2D eigenvalue weighted by Crippen LogP contribution is -2.50. The molecule has 2 bridgehead atoms. The monoisotopic (exact) mass is 362 g/mol. The van der Waals surface area contributed by atoms with Crippen molar-refractivity contribution in [3.05, 3.63) is 35.4 Å². The van der Waals surface area contributed by atoms with Gasteiger partial charge in [0.25, 0.3) is 0 Å². The van der Waals surface area contributed by atoms with Crippen LogP contribution in [0.5, 0.6) is 0 Å². The molecule has 0 aromatic heterocycles. The van der Waals surface area contributed by atoms with E-state index in [4.69, 9.17) is 18.9 Å². The van der Waals surface area contributed by atoms with Gasteiger partial charge in [0, 0.05) is 19.4 Å². The molecule has 3 rings (SSSR count). The van der Waals surface area contributed by atoms with Crippen LogP contribution in [0.1, 0.15) is 58.6 Å². The Morgan fingerprint density at radius 1 is 1.15 bits per heavy atom. The summed E-state index contributed by atoms with van der Waals surface area (Å²) in [6, 6.07) is 8.40. The van der Waals surface area contributed by atoms with E-state index < -0.39 is 0 Å². The van der Waals surface area contributed by atoms with E-state index in [2.05, 4.69) is 52.0 Å². The first-order valence-corrected chi connectivity index (χ1v) is 9.94. The number of hydrogen-bond acceptors (Lipinski definition) is 4. The minimum atomic E-state index is -0.302. The van der Waals surface area contributed by atoms with Crippen molar-refractivity contribution in [1.82, 2.24) is 0 Å². The molecule has 2 heterocycles. The third-order valence-corrected chi connectivity index (χ3v) is 6.18. The van der Waals surface area contributed by atoms with Crippen LogP contribution < -0.4 is 0 Å². The molecule has 2 saturated heterocycles. The molecule has 0 aliphatic carbocycles. The van der Waals surface area contributed by atoms with Gasteiger partial charge in [0.15, 0.2) is 6.29 Å². The minimum absolute atomic E-state index is 0.0485. The van der Waals surface area contributed by atoms with Gasteiger partial charge in [0.1, 0.15) is 5.60 Å². The highest BCUT2D eigenvalue weighted by atomic mass is 16.7. The Morgan fingerprint density at radius 3 is 2.54 bits per heavy atom. The van der Waals surface area contributed by atoms with E-state index in [-0.39, 0.29) is 29.7 Å². The van der Waals surface area contributed by atoms with Gasteiger partial charge in [-0.1, -0.05) is 38.1 Å². The Bertz CT molecular complexity index is 616. The van der Waals surface area contributed by atoms with E-state index in [1.54, 1.807) is 0 Å². The highest BCUT2D eigenvalue weighted by Gasteiger charge is 2.66. The highest BCUT2D eigenvalue weighted by Crippen LogP contribution is 2.56. The average Bonchev–Trinajstić information content (AvgIpc) is 3.03. The van der Waals surface area contributed by atoms with E-state index in [1.807, 2.05) is 13.8 Å². The van der Waals surface area contributed by atoms with Crippen LogP contribution in [0.3, 0.4) is 0 Å². The summed E-state index contributed by atoms with van der Waals surface area (Å²) in [5, 5.41) is 0. The smallest absolute Gasteiger partial charge is 0.155 e. The van der Waals surface area contributed by atoms with Gasteiger partial charge in [0.05, 0.1) is 24.4 Å². The topological polar surface area (TPSA) is 36.9 Å². The number of rotatable bonds is 8. The van der Waals surface area contributed by atoms with Crippen LogP contribution in [-0.2, 0) is 25.6 Å². The van der Waals surface area contributed by atoms with E-state index in [0.29, 0.717) is 19.1 Å². The Hall–Kier alpha value is -0.940. The molecule has 4 heteroatoms. The molecule has 0 spiro atoms. The SMILES string of the molecule is CCOC(C)O[C@H]1C[C@]2(C)O[C@@]1(C(C)C)C[C@H]2OCc1ccccc1C. The molecule has 26 heavy (non-hydrogen) atoms. The summed E-state index contributed by atoms with van der Waals surface area (Å²) >= 11 is 0. The molecular formula is C22H34O4. The van der Waals surface area contributed by atoms with Crippen molar-refractivity contribution in [2.45, 2.75) is 90.7 Å². The fourth-order valence-electron chi connectivity index (χ4n) is 4.55. The molecule has 0 amide bonds. The zero-order valence-electron chi connectivity index (χ0n) is 17.1. The summed E-state index contributed by atoms with van der Waals surface area (Å²) < 4.78 is 24.8. The summed E-state index contributed by atoms with van der Waals surface area (Å²) in [6.07, 6.45) is 1.65. The van der Waals surface area contributed by atoms with Crippen molar-refractivity contribution >= 4 is 0 Å². The predicted molar refractivity (Wildman–Crippen MR) is 102 cm³/mol. The number of fused-ring (bicyclic) bond motifs is 2. The molecule has 0 saturated carbocycles. The Labute approximate surface area is 158 Å². The van der Waals surface area contributed by atoms with Crippen LogP contribution in [0, 0.1) is 12.8 Å². The second kappa shape index (κ2) is 7.59. The lowest BCUT2D eigenvalue weighted by Gasteiger charge is -2.39. The summed E-state index contributed by atoms with van der Waals surface area (Å²) in [4.78, 5) is 0. The average molecular weight is 363 g/mol. The zero-order valence-corrected chi connectivity index (χ0v) is 17.1. The maximum atomic E-state index is 6.63. The molecule has 2 fully saturated rings. The largest absolute Gasteiger partial charge is 0.370 e. The minimum Gasteiger partial charge on any atom is -0.370 e. The number of hydrogen-bond donors (Lipinski definition) is 0. The van der Waals surface area contributed by atoms with E-state index >= 15 is 0 Å². The van der Waals surface area contributed by atoms with E-state index in [0.717, 1.165) is 12.8 Å². The first-order chi connectivity index (χ1) is 12.3. The molecule has 0 N–H and O–H groups in total. The second-order valence-electron chi connectivity index (χ2n) is 8.31. The second-order valence-corrected chi connectivity index (χ2v) is 8.31. The third kappa shape index (κ3) is 3.57. The van der Waals surface area contributed by atoms with Gasteiger partial charge < -0.3 is 18.9 Å². The standard InChI is InChI=1S/C22H34O4/c1-7-23-17(5)25-20-12-21(6)19(13-22(20,26-21)15(2)3)24-14-18-11-9-8-10-16(18)4/h8-11,15,17,19-20H,7,12-14H2,1-6H3/t17?,19-,20+,21+,22-/m1/s1. The molecule has 1 aromatic carbocycles. The van der Waals surface area contributed by atoms with Crippen molar-refractivity contribution in [1.29, 1.82) is 0 Å². The molecule has 0 radical (unpaired) electrons. The van der Waals surface area contributed by atoms with Crippen molar-refractivity contribution in [3.63, 3.8) is 0 Å². The molecule has 146 valence electrons. The first kappa shape index (κ1) is 19.8. The Balaban J connectivity index is 1.70. The Morgan fingerprint density at radius 2 is 1.88 bits per heavy atom. The van der Waals surface area contributed by atoms with E-state index in [9.17, 15) is 0 Å². The zero-order chi connectivity index (χ0) is 18.9. The maximum absolute atomic E-state index is 6.63. The first-order valence-electron chi connectivity index (χ1n) is 9.94. The van der Waals surface area contributed by atoms with Crippen molar-refractivity contribution in [2.24, 2.45) is 5.92 Å². The molecule has 1 aromatic rings. The summed E-state index contributed by atoms with van der Waals surface area (Å²) in [5.41, 5.74) is 1.92. The molecule has 1 unspecified atom stereocenters. The fourth-order valence-corrected chi connectivity index (χ4v) is 4.55. The van der Waals surface area contributed by atoms with Crippen molar-refractivity contribution in [3.8, 4) is 0 Å². The van der Waals surface area contributed by atoms with Crippen LogP contribution in [0.25, 0.3) is 0 Å². The molecule has 5 atom stereocenters. The normalized spacial score (nSPS) is 34.6. The summed E-state index contributed by atoms with van der Waals surface area (Å²) in [7, 11) is 0. The quantitative estimate of drug-likeness (QED) is 0.632. The number of aryl methyl sites for hydroxylation is 1. The van der Waals surface area contributed by atoms with Gasteiger partial charge in [-0.3, -0.25) is 0 Å². The van der Waals surface area contributed by atoms with Crippen LogP contribution in [0.4, 0.5) is 0 Å². The van der Waals surface area contributed by atoms with Gasteiger partial charge in [-0.2, -0.15) is 0 Å². The van der Waals surface area contributed by atoms with Crippen molar-refractivity contribution < 1.29 is 18.9 Å².